The molecule has 2 heterocycles. The third kappa shape index (κ3) is 2.79. The van der Waals surface area contributed by atoms with Crippen LogP contribution in [0.5, 0.6) is 5.75 Å². The van der Waals surface area contributed by atoms with Crippen molar-refractivity contribution in [2.75, 3.05) is 13.7 Å². The highest BCUT2D eigenvalue weighted by Gasteiger charge is 2.29. The second-order valence-electron chi connectivity index (χ2n) is 6.95. The van der Waals surface area contributed by atoms with Gasteiger partial charge in [0.2, 0.25) is 5.91 Å². The van der Waals surface area contributed by atoms with Crippen LogP contribution in [0.1, 0.15) is 47.1 Å². The fourth-order valence-corrected chi connectivity index (χ4v) is 4.03. The van der Waals surface area contributed by atoms with E-state index in [1.165, 1.54) is 5.56 Å². The van der Waals surface area contributed by atoms with E-state index in [1.807, 2.05) is 54.3 Å². The molecule has 1 atom stereocenters. The van der Waals surface area contributed by atoms with Gasteiger partial charge in [-0.1, -0.05) is 30.3 Å². The Bertz CT molecular complexity index is 1040. The number of nitrogens with zero attached hydrogens (tertiary/aromatic N) is 1. The van der Waals surface area contributed by atoms with E-state index in [-0.39, 0.29) is 17.7 Å². The molecular formula is C22H22N2O3. The van der Waals surface area contributed by atoms with Crippen LogP contribution in [0.4, 0.5) is 0 Å². The Morgan fingerprint density at radius 2 is 1.93 bits per heavy atom. The van der Waals surface area contributed by atoms with Crippen LogP contribution in [-0.2, 0) is 11.2 Å². The SMILES string of the molecule is COc1cc2[nH]c3c(c2cc1C(=O)c1ccccc1)CCN(C(C)=O)C3C. The van der Waals surface area contributed by atoms with E-state index >= 15 is 0 Å². The highest BCUT2D eigenvalue weighted by atomic mass is 16.5. The Kier molecular flexibility index (Phi) is 4.22. The summed E-state index contributed by atoms with van der Waals surface area (Å²) < 4.78 is 5.51. The largest absolute Gasteiger partial charge is 0.496 e. The maximum Gasteiger partial charge on any atom is 0.220 e. The van der Waals surface area contributed by atoms with Crippen molar-refractivity contribution in [2.24, 2.45) is 0 Å². The summed E-state index contributed by atoms with van der Waals surface area (Å²) in [6.45, 7) is 4.32. The number of rotatable bonds is 3. The lowest BCUT2D eigenvalue weighted by molar-refractivity contribution is -0.131. The van der Waals surface area contributed by atoms with E-state index < -0.39 is 0 Å². The fraction of sp³-hybridized carbons (Fsp3) is 0.273. The van der Waals surface area contributed by atoms with Gasteiger partial charge in [-0.3, -0.25) is 9.59 Å². The molecule has 1 aliphatic heterocycles. The number of aromatic nitrogens is 1. The lowest BCUT2D eigenvalue weighted by Gasteiger charge is -2.32. The molecule has 0 radical (unpaired) electrons. The Balaban J connectivity index is 1.86. The first kappa shape index (κ1) is 17.3. The van der Waals surface area contributed by atoms with Crippen LogP contribution in [-0.4, -0.2) is 35.2 Å². The molecule has 1 aliphatic rings. The summed E-state index contributed by atoms with van der Waals surface area (Å²) in [7, 11) is 1.58. The molecule has 5 nitrogen and oxygen atoms in total. The zero-order valence-corrected chi connectivity index (χ0v) is 15.7. The summed E-state index contributed by atoms with van der Waals surface area (Å²) in [6.07, 6.45) is 0.768. The molecular weight excluding hydrogens is 340 g/mol. The molecule has 0 aliphatic carbocycles. The third-order valence-electron chi connectivity index (χ3n) is 5.43. The van der Waals surface area contributed by atoms with Gasteiger partial charge in [0.1, 0.15) is 5.75 Å². The van der Waals surface area contributed by atoms with Crippen LogP contribution in [0.25, 0.3) is 10.9 Å². The standard InChI is InChI=1S/C22H22N2O3/c1-13-21-16(9-10-24(13)14(2)25)17-11-18(20(27-3)12-19(17)23-21)22(26)15-7-5-4-6-8-15/h4-8,11-13,23H,9-10H2,1-3H3. The van der Waals surface area contributed by atoms with E-state index in [0.29, 0.717) is 23.4 Å². The number of carbonyl (C=O) groups is 2. The summed E-state index contributed by atoms with van der Waals surface area (Å²) in [6, 6.07) is 13.0. The number of nitrogens with one attached hydrogen (secondary N) is 1. The first-order valence-corrected chi connectivity index (χ1v) is 9.10. The highest BCUT2D eigenvalue weighted by molar-refractivity contribution is 6.12. The molecule has 1 aromatic heterocycles. The maximum absolute atomic E-state index is 13.0. The van der Waals surface area contributed by atoms with Crippen molar-refractivity contribution in [1.82, 2.24) is 9.88 Å². The van der Waals surface area contributed by atoms with Crippen molar-refractivity contribution in [3.63, 3.8) is 0 Å². The smallest absolute Gasteiger partial charge is 0.220 e. The van der Waals surface area contributed by atoms with Gasteiger partial charge in [-0.05, 0) is 25.0 Å². The number of fused-ring (bicyclic) bond motifs is 3. The minimum Gasteiger partial charge on any atom is -0.496 e. The summed E-state index contributed by atoms with van der Waals surface area (Å²) in [5, 5.41) is 1.03. The molecule has 1 unspecified atom stereocenters. The van der Waals surface area contributed by atoms with Crippen LogP contribution in [0, 0.1) is 0 Å². The summed E-state index contributed by atoms with van der Waals surface area (Å²) >= 11 is 0. The summed E-state index contributed by atoms with van der Waals surface area (Å²) in [4.78, 5) is 30.2. The average molecular weight is 362 g/mol. The van der Waals surface area contributed by atoms with E-state index in [2.05, 4.69) is 4.98 Å². The molecule has 0 spiro atoms. The van der Waals surface area contributed by atoms with Crippen LogP contribution >= 0.6 is 0 Å². The average Bonchev–Trinajstić information content (AvgIpc) is 3.05. The topological polar surface area (TPSA) is 62.4 Å². The second kappa shape index (κ2) is 6.58. The lowest BCUT2D eigenvalue weighted by atomic mass is 9.95. The number of H-pyrrole nitrogens is 1. The molecule has 3 aromatic rings. The van der Waals surface area contributed by atoms with Crippen molar-refractivity contribution in [3.05, 3.63) is 64.8 Å². The Morgan fingerprint density at radius 3 is 2.59 bits per heavy atom. The molecule has 2 aromatic carbocycles. The number of hydrogen-bond acceptors (Lipinski definition) is 3. The summed E-state index contributed by atoms with van der Waals surface area (Å²) in [5.41, 5.74) is 4.34. The molecule has 0 saturated carbocycles. The normalized spacial score (nSPS) is 16.3. The zero-order valence-electron chi connectivity index (χ0n) is 15.7. The lowest BCUT2D eigenvalue weighted by Crippen LogP contribution is -2.37. The Hall–Kier alpha value is -3.08. The van der Waals surface area contributed by atoms with Gasteiger partial charge in [-0.2, -0.15) is 0 Å². The number of benzene rings is 2. The number of ether oxygens (including phenoxy) is 1. The minimum atomic E-state index is -0.0569. The Morgan fingerprint density at radius 1 is 1.19 bits per heavy atom. The van der Waals surface area contributed by atoms with Gasteiger partial charge in [0.05, 0.1) is 18.7 Å². The number of carbonyl (C=O) groups excluding carboxylic acids is 2. The number of methoxy groups -OCH3 is 1. The molecule has 138 valence electrons. The van der Waals surface area contributed by atoms with Crippen molar-refractivity contribution < 1.29 is 14.3 Å². The van der Waals surface area contributed by atoms with Gasteiger partial charge >= 0.3 is 0 Å². The van der Waals surface area contributed by atoms with Gasteiger partial charge in [-0.25, -0.2) is 0 Å². The Labute approximate surface area is 157 Å². The monoisotopic (exact) mass is 362 g/mol. The van der Waals surface area contributed by atoms with Crippen LogP contribution in [0.2, 0.25) is 0 Å². The van der Waals surface area contributed by atoms with E-state index in [9.17, 15) is 9.59 Å². The maximum atomic E-state index is 13.0. The van der Waals surface area contributed by atoms with Crippen molar-refractivity contribution >= 4 is 22.6 Å². The van der Waals surface area contributed by atoms with Crippen molar-refractivity contribution in [1.29, 1.82) is 0 Å². The molecule has 1 N–H and O–H groups in total. The number of amides is 1. The molecule has 0 bridgehead atoms. The third-order valence-corrected chi connectivity index (χ3v) is 5.43. The zero-order chi connectivity index (χ0) is 19.1. The van der Waals surface area contributed by atoms with Gasteiger partial charge in [-0.15, -0.1) is 0 Å². The predicted molar refractivity (Wildman–Crippen MR) is 104 cm³/mol. The number of hydrogen-bond donors (Lipinski definition) is 1. The molecule has 5 heteroatoms. The first-order valence-electron chi connectivity index (χ1n) is 9.10. The quantitative estimate of drug-likeness (QED) is 0.720. The molecule has 27 heavy (non-hydrogen) atoms. The molecule has 1 amide bonds. The predicted octanol–water partition coefficient (Wildman–Crippen LogP) is 3.87. The highest BCUT2D eigenvalue weighted by Crippen LogP contribution is 2.37. The molecule has 4 rings (SSSR count). The van der Waals surface area contributed by atoms with E-state index in [0.717, 1.165) is 23.0 Å². The van der Waals surface area contributed by atoms with E-state index in [1.54, 1.807) is 14.0 Å². The fourth-order valence-electron chi connectivity index (χ4n) is 4.03. The van der Waals surface area contributed by atoms with Gasteiger partial charge in [0.15, 0.2) is 5.78 Å². The summed E-state index contributed by atoms with van der Waals surface area (Å²) in [5.74, 6) is 0.564. The van der Waals surface area contributed by atoms with Gasteiger partial charge in [0.25, 0.3) is 0 Å². The van der Waals surface area contributed by atoms with Gasteiger partial charge in [0, 0.05) is 41.7 Å². The second-order valence-corrected chi connectivity index (χ2v) is 6.95. The first-order chi connectivity index (χ1) is 13.0. The molecule has 0 saturated heterocycles. The van der Waals surface area contributed by atoms with E-state index in [4.69, 9.17) is 4.74 Å². The van der Waals surface area contributed by atoms with Crippen molar-refractivity contribution in [2.45, 2.75) is 26.3 Å². The van der Waals surface area contributed by atoms with Crippen LogP contribution in [0.3, 0.4) is 0 Å². The molecule has 0 fully saturated rings. The number of aromatic amines is 1. The van der Waals surface area contributed by atoms with Gasteiger partial charge < -0.3 is 14.6 Å². The van der Waals surface area contributed by atoms with Crippen LogP contribution in [0.15, 0.2) is 42.5 Å². The minimum absolute atomic E-state index is 0.0158. The van der Waals surface area contributed by atoms with Crippen LogP contribution < -0.4 is 4.74 Å². The number of ketones is 1. The van der Waals surface area contributed by atoms with Crippen molar-refractivity contribution in [3.8, 4) is 5.75 Å².